The van der Waals surface area contributed by atoms with Gasteiger partial charge in [-0.25, -0.2) is 4.68 Å². The first-order valence-electron chi connectivity index (χ1n) is 11.6. The van der Waals surface area contributed by atoms with Crippen LogP contribution in [0.5, 0.6) is 0 Å². The first-order valence-corrected chi connectivity index (χ1v) is 11.6. The van der Waals surface area contributed by atoms with Gasteiger partial charge in [0.25, 0.3) is 5.56 Å². The number of nitrogens with one attached hydrogen (secondary N) is 1. The number of rotatable bonds is 9. The summed E-state index contributed by atoms with van der Waals surface area (Å²) < 4.78 is 6.35. The molecule has 0 saturated carbocycles. The van der Waals surface area contributed by atoms with Crippen LogP contribution in [0.4, 0.5) is 0 Å². The van der Waals surface area contributed by atoms with E-state index in [9.17, 15) is 14.4 Å². The number of nitrogens with zero attached hydrogens (tertiary/aromatic N) is 2. The highest BCUT2D eigenvalue weighted by atomic mass is 16.5. The molecule has 8 heteroatoms. The van der Waals surface area contributed by atoms with Crippen molar-refractivity contribution in [3.05, 3.63) is 99.0 Å². The van der Waals surface area contributed by atoms with Crippen LogP contribution < -0.4 is 16.6 Å². The van der Waals surface area contributed by atoms with Crippen molar-refractivity contribution in [2.24, 2.45) is 5.73 Å². The zero-order valence-corrected chi connectivity index (χ0v) is 20.6. The van der Waals surface area contributed by atoms with E-state index in [1.54, 1.807) is 13.0 Å². The Morgan fingerprint density at radius 2 is 1.66 bits per heavy atom. The number of aryl methyl sites for hydroxylation is 2. The zero-order chi connectivity index (χ0) is 25.6. The Balaban J connectivity index is 0.000000269. The van der Waals surface area contributed by atoms with Gasteiger partial charge in [0.15, 0.2) is 0 Å². The van der Waals surface area contributed by atoms with Gasteiger partial charge in [0.05, 0.1) is 31.7 Å². The maximum absolute atomic E-state index is 11.7. The molecule has 0 unspecified atom stereocenters. The second-order valence-electron chi connectivity index (χ2n) is 8.08. The lowest BCUT2D eigenvalue weighted by Crippen LogP contribution is -2.30. The van der Waals surface area contributed by atoms with Gasteiger partial charge >= 0.3 is 5.97 Å². The van der Waals surface area contributed by atoms with E-state index in [2.05, 4.69) is 10.4 Å². The number of nitrogens with two attached hydrogens (primary N) is 1. The third-order valence-corrected chi connectivity index (χ3v) is 4.89. The SMILES string of the molecule is CCOC(=O)Cc1cccc(Cn2nc(C)ccc2=O)c1.Cc1cccc(CC(=O)NCCN)c1. The van der Waals surface area contributed by atoms with E-state index in [0.29, 0.717) is 32.7 Å². The summed E-state index contributed by atoms with van der Waals surface area (Å²) in [4.78, 5) is 34.6. The zero-order valence-electron chi connectivity index (χ0n) is 20.6. The molecule has 3 N–H and O–H groups in total. The fourth-order valence-electron chi connectivity index (χ4n) is 3.34. The lowest BCUT2D eigenvalue weighted by atomic mass is 10.1. The van der Waals surface area contributed by atoms with Crippen LogP contribution in [0.25, 0.3) is 0 Å². The van der Waals surface area contributed by atoms with Gasteiger partial charge in [0, 0.05) is 19.2 Å². The molecular formula is C27H34N4O4. The molecule has 2 aromatic carbocycles. The Morgan fingerprint density at radius 3 is 2.34 bits per heavy atom. The average molecular weight is 479 g/mol. The average Bonchev–Trinajstić information content (AvgIpc) is 2.81. The predicted octanol–water partition coefficient (Wildman–Crippen LogP) is 2.32. The van der Waals surface area contributed by atoms with Gasteiger partial charge in [-0.05, 0) is 43.5 Å². The Kier molecular flexibility index (Phi) is 11.4. The Labute approximate surface area is 206 Å². The molecule has 0 aliphatic rings. The Bertz CT molecular complexity index is 1170. The highest BCUT2D eigenvalue weighted by molar-refractivity contribution is 5.78. The van der Waals surface area contributed by atoms with E-state index < -0.39 is 0 Å². The third-order valence-electron chi connectivity index (χ3n) is 4.89. The summed E-state index contributed by atoms with van der Waals surface area (Å²) in [5, 5.41) is 6.94. The van der Waals surface area contributed by atoms with Crippen molar-refractivity contribution in [1.29, 1.82) is 0 Å². The van der Waals surface area contributed by atoms with Crippen molar-refractivity contribution in [2.75, 3.05) is 19.7 Å². The number of esters is 1. The van der Waals surface area contributed by atoms with Crippen LogP contribution in [0.15, 0.2) is 65.5 Å². The maximum atomic E-state index is 11.7. The first-order chi connectivity index (χ1) is 16.8. The molecule has 3 rings (SSSR count). The summed E-state index contributed by atoms with van der Waals surface area (Å²) >= 11 is 0. The van der Waals surface area contributed by atoms with Gasteiger partial charge in [-0.1, -0.05) is 54.1 Å². The number of benzene rings is 2. The van der Waals surface area contributed by atoms with Crippen molar-refractivity contribution in [3.63, 3.8) is 0 Å². The predicted molar refractivity (Wildman–Crippen MR) is 136 cm³/mol. The number of aromatic nitrogens is 2. The van der Waals surface area contributed by atoms with Crippen molar-refractivity contribution < 1.29 is 14.3 Å². The number of carbonyl (C=O) groups is 2. The summed E-state index contributed by atoms with van der Waals surface area (Å²) in [7, 11) is 0. The maximum Gasteiger partial charge on any atom is 0.310 e. The van der Waals surface area contributed by atoms with Crippen molar-refractivity contribution >= 4 is 11.9 Å². The topological polar surface area (TPSA) is 116 Å². The minimum absolute atomic E-state index is 0.0288. The van der Waals surface area contributed by atoms with Gasteiger partial charge in [-0.2, -0.15) is 5.10 Å². The van der Waals surface area contributed by atoms with E-state index in [1.165, 1.54) is 16.3 Å². The van der Waals surface area contributed by atoms with E-state index >= 15 is 0 Å². The minimum atomic E-state index is -0.250. The summed E-state index contributed by atoms with van der Waals surface area (Å²) in [6.07, 6.45) is 0.666. The molecule has 35 heavy (non-hydrogen) atoms. The summed E-state index contributed by atoms with van der Waals surface area (Å²) in [6.45, 7) is 7.43. The Hall–Kier alpha value is -3.78. The fraction of sp³-hybridized carbons (Fsp3) is 0.333. The van der Waals surface area contributed by atoms with Crippen LogP contribution in [-0.4, -0.2) is 41.4 Å². The molecular weight excluding hydrogens is 444 g/mol. The monoisotopic (exact) mass is 478 g/mol. The molecule has 0 spiro atoms. The molecule has 0 fully saturated rings. The molecule has 186 valence electrons. The van der Waals surface area contributed by atoms with Crippen molar-refractivity contribution in [2.45, 2.75) is 40.2 Å². The summed E-state index contributed by atoms with van der Waals surface area (Å²) in [5.74, 6) is -0.221. The summed E-state index contributed by atoms with van der Waals surface area (Å²) in [6, 6.07) is 18.7. The van der Waals surface area contributed by atoms with E-state index in [-0.39, 0.29) is 23.9 Å². The second kappa shape index (κ2) is 14.5. The first kappa shape index (κ1) is 27.5. The number of amides is 1. The van der Waals surface area contributed by atoms with Crippen molar-refractivity contribution in [3.8, 4) is 0 Å². The molecule has 3 aromatic rings. The number of hydrogen-bond donors (Lipinski definition) is 2. The van der Waals surface area contributed by atoms with Gasteiger partial charge in [0.2, 0.25) is 5.91 Å². The minimum Gasteiger partial charge on any atom is -0.466 e. The van der Waals surface area contributed by atoms with Gasteiger partial charge in [-0.3, -0.25) is 14.4 Å². The van der Waals surface area contributed by atoms with E-state index in [0.717, 1.165) is 22.4 Å². The quantitative estimate of drug-likeness (QED) is 0.456. The number of ether oxygens (including phenoxy) is 1. The molecule has 0 saturated heterocycles. The highest BCUT2D eigenvalue weighted by Crippen LogP contribution is 2.08. The smallest absolute Gasteiger partial charge is 0.310 e. The normalized spacial score (nSPS) is 10.2. The van der Waals surface area contributed by atoms with Crippen molar-refractivity contribution in [1.82, 2.24) is 15.1 Å². The van der Waals surface area contributed by atoms with E-state index in [1.807, 2.05) is 62.4 Å². The molecule has 0 radical (unpaired) electrons. The Morgan fingerprint density at radius 1 is 0.971 bits per heavy atom. The van der Waals surface area contributed by atoms with Gasteiger partial charge in [0.1, 0.15) is 0 Å². The molecule has 0 bridgehead atoms. The fourth-order valence-corrected chi connectivity index (χ4v) is 3.34. The lowest BCUT2D eigenvalue weighted by Gasteiger charge is -2.07. The molecule has 0 aliphatic carbocycles. The van der Waals surface area contributed by atoms with Gasteiger partial charge < -0.3 is 15.8 Å². The number of hydrogen-bond acceptors (Lipinski definition) is 6. The van der Waals surface area contributed by atoms with Crippen LogP contribution in [0.3, 0.4) is 0 Å². The molecule has 1 amide bonds. The molecule has 0 atom stereocenters. The third kappa shape index (κ3) is 10.4. The van der Waals surface area contributed by atoms with Gasteiger partial charge in [-0.15, -0.1) is 0 Å². The van der Waals surface area contributed by atoms with Crippen LogP contribution >= 0.6 is 0 Å². The van der Waals surface area contributed by atoms with Crippen LogP contribution in [0, 0.1) is 13.8 Å². The second-order valence-corrected chi connectivity index (χ2v) is 8.08. The number of carbonyl (C=O) groups excluding carboxylic acids is 2. The largest absolute Gasteiger partial charge is 0.466 e. The van der Waals surface area contributed by atoms with E-state index in [4.69, 9.17) is 10.5 Å². The lowest BCUT2D eigenvalue weighted by molar-refractivity contribution is -0.142. The summed E-state index contributed by atoms with van der Waals surface area (Å²) in [5.41, 5.74) is 9.94. The highest BCUT2D eigenvalue weighted by Gasteiger charge is 2.06. The van der Waals surface area contributed by atoms with Crippen LogP contribution in [0.1, 0.15) is 34.9 Å². The molecule has 0 aliphatic heterocycles. The van der Waals surface area contributed by atoms with Crippen LogP contribution in [0.2, 0.25) is 0 Å². The van der Waals surface area contributed by atoms with Crippen LogP contribution in [-0.2, 0) is 33.7 Å². The standard InChI is InChI=1S/C16H18N2O3.C11H16N2O/c1-3-21-16(20)10-13-5-4-6-14(9-13)11-18-15(19)8-7-12(2)17-18;1-9-3-2-4-10(7-9)8-11(14)13-6-5-12/h4-9H,3,10-11H2,1-2H3;2-4,7H,5-6,8,12H2,1H3,(H,13,14). The molecule has 1 heterocycles. The molecule has 8 nitrogen and oxygen atoms in total. The molecule has 1 aromatic heterocycles.